The molecule has 14 heavy (non-hydrogen) atoms. The largest absolute Gasteiger partial charge is 0.414 e. The van der Waals surface area contributed by atoms with Crippen molar-refractivity contribution < 1.29 is 4.43 Å². The zero-order valence-corrected chi connectivity index (χ0v) is 11.3. The molecule has 0 amide bonds. The Morgan fingerprint density at radius 1 is 1.36 bits per heavy atom. The molecule has 0 N–H and O–H groups in total. The van der Waals surface area contributed by atoms with Crippen LogP contribution in [-0.2, 0) is 4.43 Å². The average Bonchev–Trinajstić information content (AvgIpc) is 1.97. The minimum absolute atomic E-state index is 0.218. The van der Waals surface area contributed by atoms with Crippen molar-refractivity contribution in [2.75, 3.05) is 0 Å². The molecule has 0 aromatic rings. The maximum Gasteiger partial charge on any atom is 0.192 e. The van der Waals surface area contributed by atoms with Crippen molar-refractivity contribution in [2.24, 2.45) is 0 Å². The van der Waals surface area contributed by atoms with Crippen molar-refractivity contribution >= 4 is 8.32 Å². The highest BCUT2D eigenvalue weighted by atomic mass is 28.4. The van der Waals surface area contributed by atoms with Crippen LogP contribution in [0, 0.1) is 11.3 Å². The van der Waals surface area contributed by atoms with Crippen LogP contribution in [0.15, 0.2) is 0 Å². The van der Waals surface area contributed by atoms with Gasteiger partial charge in [0.15, 0.2) is 8.32 Å². The van der Waals surface area contributed by atoms with Crippen LogP contribution in [0.1, 0.15) is 40.5 Å². The van der Waals surface area contributed by atoms with Gasteiger partial charge in [-0.15, -0.1) is 0 Å². The minimum atomic E-state index is -1.63. The van der Waals surface area contributed by atoms with E-state index < -0.39 is 8.32 Å². The maximum atomic E-state index is 8.48. The number of nitriles is 1. The standard InChI is InChI=1S/C11H23NOSi/c1-10(8-7-9-12)13-14(5,6)11(2,3)4/h10H,7-8H2,1-6H3/t10-/m1/s1. The van der Waals surface area contributed by atoms with E-state index in [-0.39, 0.29) is 11.1 Å². The second-order valence-electron chi connectivity index (χ2n) is 5.39. The van der Waals surface area contributed by atoms with Gasteiger partial charge in [0, 0.05) is 12.5 Å². The van der Waals surface area contributed by atoms with Crippen molar-refractivity contribution in [3.8, 4) is 6.07 Å². The fourth-order valence-corrected chi connectivity index (χ4v) is 2.48. The Morgan fingerprint density at radius 3 is 2.21 bits per heavy atom. The van der Waals surface area contributed by atoms with Crippen molar-refractivity contribution in [1.82, 2.24) is 0 Å². The first-order valence-corrected chi connectivity index (χ1v) is 8.16. The topological polar surface area (TPSA) is 33.0 Å². The molecule has 0 aromatic carbocycles. The summed E-state index contributed by atoms with van der Waals surface area (Å²) < 4.78 is 6.09. The lowest BCUT2D eigenvalue weighted by molar-refractivity contribution is 0.191. The molecule has 0 aliphatic rings. The third kappa shape index (κ3) is 4.25. The van der Waals surface area contributed by atoms with E-state index in [1.165, 1.54) is 0 Å². The van der Waals surface area contributed by atoms with Gasteiger partial charge in [0.05, 0.1) is 6.07 Å². The molecule has 0 aliphatic heterocycles. The molecule has 0 saturated heterocycles. The van der Waals surface area contributed by atoms with E-state index in [4.69, 9.17) is 9.69 Å². The Bertz CT molecular complexity index is 212. The smallest absolute Gasteiger partial charge is 0.192 e. The molecule has 0 rings (SSSR count). The molecule has 2 nitrogen and oxygen atoms in total. The molecular weight excluding hydrogens is 190 g/mol. The summed E-state index contributed by atoms with van der Waals surface area (Å²) in [5.41, 5.74) is 0. The van der Waals surface area contributed by atoms with E-state index in [2.05, 4.69) is 46.9 Å². The van der Waals surface area contributed by atoms with E-state index in [0.29, 0.717) is 6.42 Å². The van der Waals surface area contributed by atoms with Crippen molar-refractivity contribution in [2.45, 2.75) is 64.8 Å². The summed E-state index contributed by atoms with van der Waals surface area (Å²) in [7, 11) is -1.63. The second kappa shape index (κ2) is 4.95. The van der Waals surface area contributed by atoms with Gasteiger partial charge >= 0.3 is 0 Å². The van der Waals surface area contributed by atoms with Crippen LogP contribution < -0.4 is 0 Å². The third-order valence-electron chi connectivity index (χ3n) is 2.96. The number of hydrogen-bond acceptors (Lipinski definition) is 2. The molecule has 3 heteroatoms. The summed E-state index contributed by atoms with van der Waals surface area (Å²) in [6.45, 7) is 13.3. The van der Waals surface area contributed by atoms with Gasteiger partial charge in [0.2, 0.25) is 0 Å². The van der Waals surface area contributed by atoms with Crippen LogP contribution in [0.2, 0.25) is 18.1 Å². The number of rotatable bonds is 4. The Balaban J connectivity index is 4.17. The molecule has 0 fully saturated rings. The van der Waals surface area contributed by atoms with E-state index in [1.54, 1.807) is 0 Å². The first-order valence-electron chi connectivity index (χ1n) is 5.25. The van der Waals surface area contributed by atoms with Gasteiger partial charge in [-0.25, -0.2) is 0 Å². The fourth-order valence-electron chi connectivity index (χ4n) is 1.01. The molecule has 82 valence electrons. The van der Waals surface area contributed by atoms with Gasteiger partial charge in [-0.1, -0.05) is 20.8 Å². The molecule has 0 heterocycles. The summed E-state index contributed by atoms with van der Waals surface area (Å²) in [5.74, 6) is 0. The van der Waals surface area contributed by atoms with Crippen LogP contribution in [0.25, 0.3) is 0 Å². The van der Waals surface area contributed by atoms with Gasteiger partial charge in [-0.05, 0) is 31.5 Å². The van der Waals surface area contributed by atoms with Gasteiger partial charge in [-0.2, -0.15) is 5.26 Å². The van der Waals surface area contributed by atoms with Crippen molar-refractivity contribution in [3.05, 3.63) is 0 Å². The molecule has 0 aromatic heterocycles. The van der Waals surface area contributed by atoms with Crippen molar-refractivity contribution in [1.29, 1.82) is 5.26 Å². The van der Waals surface area contributed by atoms with E-state index >= 15 is 0 Å². The summed E-state index contributed by atoms with van der Waals surface area (Å²) in [4.78, 5) is 0. The van der Waals surface area contributed by atoms with E-state index in [9.17, 15) is 0 Å². The Kier molecular flexibility index (Phi) is 4.83. The SMILES string of the molecule is C[C@H](CCC#N)O[Si](C)(C)C(C)(C)C. The molecule has 0 aliphatic carbocycles. The van der Waals surface area contributed by atoms with E-state index in [0.717, 1.165) is 6.42 Å². The van der Waals surface area contributed by atoms with Gasteiger partial charge in [-0.3, -0.25) is 0 Å². The molecule has 1 atom stereocenters. The monoisotopic (exact) mass is 213 g/mol. The van der Waals surface area contributed by atoms with Crippen LogP contribution in [-0.4, -0.2) is 14.4 Å². The van der Waals surface area contributed by atoms with Gasteiger partial charge in [0.1, 0.15) is 0 Å². The van der Waals surface area contributed by atoms with Crippen LogP contribution in [0.5, 0.6) is 0 Å². The maximum absolute atomic E-state index is 8.48. The van der Waals surface area contributed by atoms with Crippen molar-refractivity contribution in [3.63, 3.8) is 0 Å². The molecule has 0 bridgehead atoms. The molecule has 0 radical (unpaired) electrons. The van der Waals surface area contributed by atoms with Crippen LogP contribution >= 0.6 is 0 Å². The first-order chi connectivity index (χ1) is 6.20. The molecular formula is C11H23NOSi. The third-order valence-corrected chi connectivity index (χ3v) is 7.57. The predicted octanol–water partition coefficient (Wildman–Crippen LogP) is 3.70. The normalized spacial score (nSPS) is 14.9. The highest BCUT2D eigenvalue weighted by molar-refractivity contribution is 6.74. The number of hydrogen-bond donors (Lipinski definition) is 0. The molecule has 0 spiro atoms. The average molecular weight is 213 g/mol. The summed E-state index contributed by atoms with van der Waals surface area (Å²) in [6.07, 6.45) is 1.66. The highest BCUT2D eigenvalue weighted by Gasteiger charge is 2.38. The molecule has 0 unspecified atom stereocenters. The summed E-state index contributed by atoms with van der Waals surface area (Å²) in [5, 5.41) is 8.74. The lowest BCUT2D eigenvalue weighted by Crippen LogP contribution is -2.43. The minimum Gasteiger partial charge on any atom is -0.414 e. The van der Waals surface area contributed by atoms with Crippen LogP contribution in [0.4, 0.5) is 0 Å². The Hall–Kier alpha value is -0.333. The Labute approximate surface area is 89.4 Å². The second-order valence-corrected chi connectivity index (χ2v) is 10.1. The first kappa shape index (κ1) is 13.7. The lowest BCUT2D eigenvalue weighted by Gasteiger charge is -2.38. The Morgan fingerprint density at radius 2 is 1.86 bits per heavy atom. The number of nitrogens with zero attached hydrogens (tertiary/aromatic N) is 1. The van der Waals surface area contributed by atoms with E-state index in [1.807, 2.05) is 0 Å². The molecule has 0 saturated carbocycles. The fraction of sp³-hybridized carbons (Fsp3) is 0.909. The predicted molar refractivity (Wildman–Crippen MR) is 62.6 cm³/mol. The zero-order chi connectivity index (χ0) is 11.4. The van der Waals surface area contributed by atoms with Gasteiger partial charge in [0.25, 0.3) is 0 Å². The summed E-state index contributed by atoms with van der Waals surface area (Å²) in [6, 6.07) is 2.16. The van der Waals surface area contributed by atoms with Gasteiger partial charge < -0.3 is 4.43 Å². The highest BCUT2D eigenvalue weighted by Crippen LogP contribution is 2.37. The lowest BCUT2D eigenvalue weighted by atomic mass is 10.2. The summed E-state index contributed by atoms with van der Waals surface area (Å²) >= 11 is 0. The zero-order valence-electron chi connectivity index (χ0n) is 10.3. The van der Waals surface area contributed by atoms with Crippen LogP contribution in [0.3, 0.4) is 0 Å². The quantitative estimate of drug-likeness (QED) is 0.667.